The van der Waals surface area contributed by atoms with Crippen LogP contribution in [0.25, 0.3) is 10.8 Å². The van der Waals surface area contributed by atoms with Crippen molar-refractivity contribution in [1.29, 1.82) is 0 Å². The second-order valence-corrected chi connectivity index (χ2v) is 8.13. The topological polar surface area (TPSA) is 58.2 Å². The monoisotopic (exact) mass is 472 g/mol. The number of hydrogen-bond acceptors (Lipinski definition) is 2. The van der Waals surface area contributed by atoms with E-state index in [1.807, 2.05) is 43.3 Å². The molecule has 4 nitrogen and oxygen atoms in total. The van der Waals surface area contributed by atoms with E-state index in [0.717, 1.165) is 16.3 Å². The SMILES string of the molecule is C[C@H](NC(=O)c1cccc(NC(=O)c2ccccc2Br)c1)c1cccc2ccccc12. The van der Waals surface area contributed by atoms with E-state index in [2.05, 4.69) is 44.8 Å². The van der Waals surface area contributed by atoms with Crippen molar-refractivity contribution in [1.82, 2.24) is 5.32 Å². The third-order valence-corrected chi connectivity index (χ3v) is 5.83. The first-order valence-corrected chi connectivity index (χ1v) is 10.8. The lowest BCUT2D eigenvalue weighted by Gasteiger charge is -2.17. The van der Waals surface area contributed by atoms with Gasteiger partial charge in [0.2, 0.25) is 0 Å². The molecule has 31 heavy (non-hydrogen) atoms. The Balaban J connectivity index is 1.50. The molecule has 0 aliphatic heterocycles. The zero-order valence-electron chi connectivity index (χ0n) is 16.9. The number of rotatable bonds is 5. The number of carbonyl (C=O) groups excluding carboxylic acids is 2. The maximum absolute atomic E-state index is 12.9. The Morgan fingerprint density at radius 3 is 2.35 bits per heavy atom. The average Bonchev–Trinajstić information content (AvgIpc) is 2.79. The fraction of sp³-hybridized carbons (Fsp3) is 0.0769. The van der Waals surface area contributed by atoms with Crippen LogP contribution in [0, 0.1) is 0 Å². The predicted molar refractivity (Wildman–Crippen MR) is 128 cm³/mol. The fourth-order valence-electron chi connectivity index (χ4n) is 3.57. The molecule has 0 bridgehead atoms. The molecule has 0 saturated heterocycles. The van der Waals surface area contributed by atoms with Crippen molar-refractivity contribution in [3.05, 3.63) is 112 Å². The van der Waals surface area contributed by atoms with E-state index in [9.17, 15) is 9.59 Å². The summed E-state index contributed by atoms with van der Waals surface area (Å²) in [5.41, 5.74) is 2.63. The minimum Gasteiger partial charge on any atom is -0.345 e. The van der Waals surface area contributed by atoms with Gasteiger partial charge in [0.1, 0.15) is 0 Å². The summed E-state index contributed by atoms with van der Waals surface area (Å²) >= 11 is 3.39. The maximum Gasteiger partial charge on any atom is 0.256 e. The van der Waals surface area contributed by atoms with E-state index in [4.69, 9.17) is 0 Å². The van der Waals surface area contributed by atoms with Gasteiger partial charge in [-0.2, -0.15) is 0 Å². The molecule has 2 amide bonds. The molecule has 4 aromatic rings. The molecular formula is C26H21BrN2O2. The van der Waals surface area contributed by atoms with Gasteiger partial charge in [-0.3, -0.25) is 9.59 Å². The van der Waals surface area contributed by atoms with Crippen molar-refractivity contribution in [3.63, 3.8) is 0 Å². The van der Waals surface area contributed by atoms with Crippen LogP contribution in [0.2, 0.25) is 0 Å². The number of fused-ring (bicyclic) bond motifs is 1. The summed E-state index contributed by atoms with van der Waals surface area (Å²) in [7, 11) is 0. The van der Waals surface area contributed by atoms with E-state index in [1.54, 1.807) is 36.4 Å². The number of anilines is 1. The Bertz CT molecular complexity index is 1260. The molecular weight excluding hydrogens is 452 g/mol. The first-order valence-electron chi connectivity index (χ1n) is 9.97. The van der Waals surface area contributed by atoms with Crippen molar-refractivity contribution in [2.45, 2.75) is 13.0 Å². The summed E-state index contributed by atoms with van der Waals surface area (Å²) in [5, 5.41) is 8.18. The molecule has 4 rings (SSSR count). The van der Waals surface area contributed by atoms with Crippen LogP contribution < -0.4 is 10.6 Å². The second-order valence-electron chi connectivity index (χ2n) is 7.28. The number of hydrogen-bond donors (Lipinski definition) is 2. The maximum atomic E-state index is 12.9. The summed E-state index contributed by atoms with van der Waals surface area (Å²) in [5.74, 6) is -0.438. The lowest BCUT2D eigenvalue weighted by molar-refractivity contribution is 0.0939. The highest BCUT2D eigenvalue weighted by molar-refractivity contribution is 9.10. The molecule has 4 aromatic carbocycles. The molecule has 0 radical (unpaired) electrons. The van der Waals surface area contributed by atoms with E-state index >= 15 is 0 Å². The molecule has 1 atom stereocenters. The zero-order chi connectivity index (χ0) is 21.8. The molecule has 2 N–H and O–H groups in total. The number of nitrogens with one attached hydrogen (secondary N) is 2. The van der Waals surface area contributed by atoms with Crippen molar-refractivity contribution < 1.29 is 9.59 Å². The van der Waals surface area contributed by atoms with Crippen LogP contribution >= 0.6 is 15.9 Å². The van der Waals surface area contributed by atoms with Gasteiger partial charge in [-0.25, -0.2) is 0 Å². The van der Waals surface area contributed by atoms with Crippen LogP contribution in [-0.4, -0.2) is 11.8 Å². The standard InChI is InChI=1S/C26H21BrN2O2/c1-17(21-14-7-9-18-8-2-3-12-22(18)21)28-25(30)19-10-6-11-20(16-19)29-26(31)23-13-4-5-15-24(23)27/h2-17H,1H3,(H,28,30)(H,29,31)/t17-/m0/s1. The summed E-state index contributed by atoms with van der Waals surface area (Å²) in [6.07, 6.45) is 0. The normalized spacial score (nSPS) is 11.7. The van der Waals surface area contributed by atoms with Gasteiger partial charge in [-0.15, -0.1) is 0 Å². The van der Waals surface area contributed by atoms with Gasteiger partial charge >= 0.3 is 0 Å². The van der Waals surface area contributed by atoms with Gasteiger partial charge in [-0.05, 0) is 69.5 Å². The number of benzene rings is 4. The molecule has 0 spiro atoms. The lowest BCUT2D eigenvalue weighted by atomic mass is 9.99. The molecule has 0 fully saturated rings. The Kier molecular flexibility index (Phi) is 6.14. The molecule has 0 aliphatic rings. The Morgan fingerprint density at radius 1 is 0.806 bits per heavy atom. The summed E-state index contributed by atoms with van der Waals surface area (Å²) in [6, 6.07) is 28.2. The van der Waals surface area contributed by atoms with E-state index in [-0.39, 0.29) is 17.9 Å². The highest BCUT2D eigenvalue weighted by Gasteiger charge is 2.15. The first kappa shape index (κ1) is 20.8. The molecule has 5 heteroatoms. The fourth-order valence-corrected chi connectivity index (χ4v) is 4.03. The van der Waals surface area contributed by atoms with Gasteiger partial charge in [0, 0.05) is 15.7 Å². The third kappa shape index (κ3) is 4.67. The van der Waals surface area contributed by atoms with Gasteiger partial charge < -0.3 is 10.6 Å². The quantitative estimate of drug-likeness (QED) is 0.355. The predicted octanol–water partition coefficient (Wildman–Crippen LogP) is 6.35. The Morgan fingerprint density at radius 2 is 1.52 bits per heavy atom. The minimum atomic E-state index is -0.242. The zero-order valence-corrected chi connectivity index (χ0v) is 18.5. The largest absolute Gasteiger partial charge is 0.345 e. The van der Waals surface area contributed by atoms with Gasteiger partial charge in [-0.1, -0.05) is 60.7 Å². The smallest absolute Gasteiger partial charge is 0.256 e. The second kappa shape index (κ2) is 9.14. The molecule has 0 saturated carbocycles. The van der Waals surface area contributed by atoms with E-state index in [1.165, 1.54) is 0 Å². The Hall–Kier alpha value is -3.44. The molecule has 154 valence electrons. The summed E-state index contributed by atoms with van der Waals surface area (Å²) < 4.78 is 0.713. The highest BCUT2D eigenvalue weighted by atomic mass is 79.9. The van der Waals surface area contributed by atoms with Gasteiger partial charge in [0.25, 0.3) is 11.8 Å². The van der Waals surface area contributed by atoms with Crippen LogP contribution in [0.4, 0.5) is 5.69 Å². The lowest BCUT2D eigenvalue weighted by Crippen LogP contribution is -2.27. The molecule has 0 aliphatic carbocycles. The van der Waals surface area contributed by atoms with Crippen LogP contribution in [0.3, 0.4) is 0 Å². The number of carbonyl (C=O) groups is 2. The molecule has 0 unspecified atom stereocenters. The van der Waals surface area contributed by atoms with Gasteiger partial charge in [0.15, 0.2) is 0 Å². The minimum absolute atomic E-state index is 0.169. The van der Waals surface area contributed by atoms with Crippen LogP contribution in [0.5, 0.6) is 0 Å². The van der Waals surface area contributed by atoms with E-state index in [0.29, 0.717) is 21.3 Å². The van der Waals surface area contributed by atoms with Crippen LogP contribution in [0.1, 0.15) is 39.2 Å². The average molecular weight is 473 g/mol. The molecule has 0 heterocycles. The van der Waals surface area contributed by atoms with Crippen molar-refractivity contribution >= 4 is 44.2 Å². The molecule has 0 aromatic heterocycles. The van der Waals surface area contributed by atoms with Gasteiger partial charge in [0.05, 0.1) is 11.6 Å². The van der Waals surface area contributed by atoms with Crippen molar-refractivity contribution in [2.75, 3.05) is 5.32 Å². The van der Waals surface area contributed by atoms with Crippen molar-refractivity contribution in [2.24, 2.45) is 0 Å². The highest BCUT2D eigenvalue weighted by Crippen LogP contribution is 2.25. The number of amides is 2. The Labute approximate surface area is 189 Å². The van der Waals surface area contributed by atoms with Crippen LogP contribution in [-0.2, 0) is 0 Å². The number of halogens is 1. The summed E-state index contributed by atoms with van der Waals surface area (Å²) in [4.78, 5) is 25.5. The van der Waals surface area contributed by atoms with Crippen molar-refractivity contribution in [3.8, 4) is 0 Å². The summed E-state index contributed by atoms with van der Waals surface area (Å²) in [6.45, 7) is 1.97. The third-order valence-electron chi connectivity index (χ3n) is 5.14. The van der Waals surface area contributed by atoms with Crippen LogP contribution in [0.15, 0.2) is 95.5 Å². The first-order chi connectivity index (χ1) is 15.0. The van der Waals surface area contributed by atoms with E-state index < -0.39 is 0 Å².